The smallest absolute Gasteiger partial charge is 0.317 e. The predicted molar refractivity (Wildman–Crippen MR) is 69.1 cm³/mol. The molecule has 5 amide bonds. The number of nitrogens with two attached hydrogens (primary N) is 2. The molecule has 1 rings (SSSR count). The molecule has 6 N–H and O–H groups in total. The fourth-order valence-electron chi connectivity index (χ4n) is 2.12. The number of urea groups is 1. The summed E-state index contributed by atoms with van der Waals surface area (Å²) in [6, 6.07) is -2.20. The predicted octanol–water partition coefficient (Wildman–Crippen LogP) is -2.36. The quantitative estimate of drug-likeness (QED) is 0.447. The zero-order valence-electron chi connectivity index (χ0n) is 11.2. The second kappa shape index (κ2) is 6.73. The molecule has 1 saturated heterocycles. The molecule has 1 aliphatic rings. The Morgan fingerprint density at radius 3 is 2.45 bits per heavy atom. The number of nitrogens with zero attached hydrogens (tertiary/aromatic N) is 1. The average molecular weight is 285 g/mol. The Hall–Kier alpha value is -2.32. The van der Waals surface area contributed by atoms with Gasteiger partial charge in [0.25, 0.3) is 0 Å². The highest BCUT2D eigenvalue weighted by atomic mass is 16.2. The van der Waals surface area contributed by atoms with E-state index in [0.717, 1.165) is 0 Å². The van der Waals surface area contributed by atoms with Gasteiger partial charge in [-0.2, -0.15) is 0 Å². The number of hydrogen-bond acceptors (Lipinski definition) is 4. The lowest BCUT2D eigenvalue weighted by Gasteiger charge is -2.25. The first-order valence-corrected chi connectivity index (χ1v) is 6.23. The largest absolute Gasteiger partial charge is 0.370 e. The molecule has 0 aromatic rings. The molecule has 112 valence electrons. The van der Waals surface area contributed by atoms with E-state index in [1.807, 2.05) is 0 Å². The van der Waals surface area contributed by atoms with Gasteiger partial charge in [0.1, 0.15) is 12.1 Å². The first-order valence-electron chi connectivity index (χ1n) is 6.23. The van der Waals surface area contributed by atoms with Crippen molar-refractivity contribution in [3.8, 4) is 0 Å². The van der Waals surface area contributed by atoms with Gasteiger partial charge >= 0.3 is 6.03 Å². The monoisotopic (exact) mass is 285 g/mol. The van der Waals surface area contributed by atoms with Crippen molar-refractivity contribution in [2.24, 2.45) is 11.5 Å². The van der Waals surface area contributed by atoms with Crippen LogP contribution in [0.3, 0.4) is 0 Å². The Morgan fingerprint density at radius 1 is 1.30 bits per heavy atom. The third-order valence-electron chi connectivity index (χ3n) is 3.10. The van der Waals surface area contributed by atoms with E-state index < -0.39 is 29.8 Å². The molecule has 1 heterocycles. The van der Waals surface area contributed by atoms with Crippen molar-refractivity contribution in [1.82, 2.24) is 15.5 Å². The second-order valence-electron chi connectivity index (χ2n) is 4.54. The first kappa shape index (κ1) is 15.7. The van der Waals surface area contributed by atoms with Crippen LogP contribution < -0.4 is 22.1 Å². The summed E-state index contributed by atoms with van der Waals surface area (Å²) in [6.45, 7) is 0.453. The number of amides is 5. The summed E-state index contributed by atoms with van der Waals surface area (Å²) in [7, 11) is 1.47. The lowest BCUT2D eigenvalue weighted by atomic mass is 10.1. The van der Waals surface area contributed by atoms with Gasteiger partial charge in [0, 0.05) is 13.6 Å². The summed E-state index contributed by atoms with van der Waals surface area (Å²) in [5, 5.41) is 4.80. The summed E-state index contributed by atoms with van der Waals surface area (Å²) in [5.74, 6) is -2.11. The van der Waals surface area contributed by atoms with Crippen LogP contribution in [-0.2, 0) is 14.4 Å². The Kier molecular flexibility index (Phi) is 5.30. The van der Waals surface area contributed by atoms with Crippen molar-refractivity contribution >= 4 is 23.8 Å². The molecular weight excluding hydrogens is 266 g/mol. The molecule has 0 saturated carbocycles. The van der Waals surface area contributed by atoms with Crippen molar-refractivity contribution in [3.05, 3.63) is 0 Å². The van der Waals surface area contributed by atoms with Gasteiger partial charge in [0.2, 0.25) is 17.7 Å². The van der Waals surface area contributed by atoms with Gasteiger partial charge in [-0.15, -0.1) is 0 Å². The van der Waals surface area contributed by atoms with E-state index in [1.54, 1.807) is 0 Å². The van der Waals surface area contributed by atoms with E-state index in [-0.39, 0.29) is 12.5 Å². The van der Waals surface area contributed by atoms with Gasteiger partial charge in [-0.1, -0.05) is 0 Å². The molecule has 1 fully saturated rings. The first-order chi connectivity index (χ1) is 9.36. The van der Waals surface area contributed by atoms with Crippen molar-refractivity contribution in [2.75, 3.05) is 13.6 Å². The minimum absolute atomic E-state index is 0.367. The lowest BCUT2D eigenvalue weighted by Crippen LogP contribution is -2.54. The highest BCUT2D eigenvalue weighted by molar-refractivity contribution is 5.93. The molecule has 0 aliphatic carbocycles. The number of likely N-dealkylation sites (tertiary alicyclic amines) is 1. The third kappa shape index (κ3) is 3.84. The van der Waals surface area contributed by atoms with Crippen molar-refractivity contribution < 1.29 is 19.2 Å². The van der Waals surface area contributed by atoms with Crippen molar-refractivity contribution in [3.63, 3.8) is 0 Å². The normalized spacial score (nSPS) is 19.2. The fourth-order valence-corrected chi connectivity index (χ4v) is 2.12. The van der Waals surface area contributed by atoms with Gasteiger partial charge in [-0.3, -0.25) is 14.4 Å². The molecule has 9 heteroatoms. The minimum Gasteiger partial charge on any atom is -0.370 e. The maximum absolute atomic E-state index is 12.1. The average Bonchev–Trinajstić information content (AvgIpc) is 2.85. The molecule has 1 aliphatic heterocycles. The molecule has 9 nitrogen and oxygen atoms in total. The highest BCUT2D eigenvalue weighted by Crippen LogP contribution is 2.17. The van der Waals surface area contributed by atoms with Crippen LogP contribution in [0.1, 0.15) is 19.3 Å². The Balaban J connectivity index is 2.70. The summed E-state index contributed by atoms with van der Waals surface area (Å²) in [4.78, 5) is 47.0. The number of hydrogen-bond donors (Lipinski definition) is 4. The van der Waals surface area contributed by atoms with Gasteiger partial charge in [-0.25, -0.2) is 4.79 Å². The van der Waals surface area contributed by atoms with E-state index in [4.69, 9.17) is 11.5 Å². The molecule has 0 spiro atoms. The zero-order chi connectivity index (χ0) is 15.3. The van der Waals surface area contributed by atoms with Crippen molar-refractivity contribution in [2.45, 2.75) is 31.3 Å². The SMILES string of the molecule is CNC(=O)N1CCC[C@H]1C(=O)N[C@@H](CC(N)=O)C(N)=O. The summed E-state index contributed by atoms with van der Waals surface area (Å²) >= 11 is 0. The molecule has 0 radical (unpaired) electrons. The van der Waals surface area contributed by atoms with Crippen LogP contribution in [0.4, 0.5) is 4.79 Å². The molecular formula is C11H19N5O4. The van der Waals surface area contributed by atoms with E-state index in [1.165, 1.54) is 11.9 Å². The van der Waals surface area contributed by atoms with Gasteiger partial charge < -0.3 is 27.0 Å². The maximum atomic E-state index is 12.1. The molecule has 2 atom stereocenters. The van der Waals surface area contributed by atoms with Gasteiger partial charge in [-0.05, 0) is 12.8 Å². The minimum atomic E-state index is -1.16. The fraction of sp³-hybridized carbons (Fsp3) is 0.636. The topological polar surface area (TPSA) is 148 Å². The van der Waals surface area contributed by atoms with Crippen LogP contribution in [0.5, 0.6) is 0 Å². The molecule has 0 aromatic carbocycles. The van der Waals surface area contributed by atoms with Crippen molar-refractivity contribution in [1.29, 1.82) is 0 Å². The highest BCUT2D eigenvalue weighted by Gasteiger charge is 2.35. The van der Waals surface area contributed by atoms with Gasteiger partial charge in [0.15, 0.2) is 0 Å². The summed E-state index contributed by atoms with van der Waals surface area (Å²) in [5.41, 5.74) is 10.1. The molecule has 0 bridgehead atoms. The Labute approximate surface area is 116 Å². The molecule has 0 aromatic heterocycles. The number of carbonyl (C=O) groups excluding carboxylic acids is 4. The molecule has 20 heavy (non-hydrogen) atoms. The van der Waals surface area contributed by atoms with E-state index in [2.05, 4.69) is 10.6 Å². The van der Waals surface area contributed by atoms with Crippen LogP contribution >= 0.6 is 0 Å². The summed E-state index contributed by atoms with van der Waals surface area (Å²) < 4.78 is 0. The van der Waals surface area contributed by atoms with E-state index in [9.17, 15) is 19.2 Å². The lowest BCUT2D eigenvalue weighted by molar-refractivity contribution is -0.131. The van der Waals surface area contributed by atoms with Crippen LogP contribution in [0, 0.1) is 0 Å². The van der Waals surface area contributed by atoms with Crippen LogP contribution in [0.2, 0.25) is 0 Å². The number of primary amides is 2. The standard InChI is InChI=1S/C11H19N5O4/c1-14-11(20)16-4-2-3-7(16)10(19)15-6(9(13)18)5-8(12)17/h6-7H,2-5H2,1H3,(H2,12,17)(H2,13,18)(H,14,20)(H,15,19)/t6-,7-/m0/s1. The zero-order valence-corrected chi connectivity index (χ0v) is 11.2. The number of rotatable bonds is 5. The van der Waals surface area contributed by atoms with Gasteiger partial charge in [0.05, 0.1) is 6.42 Å². The van der Waals surface area contributed by atoms with Crippen LogP contribution in [-0.4, -0.2) is 54.3 Å². The van der Waals surface area contributed by atoms with E-state index in [0.29, 0.717) is 19.4 Å². The summed E-state index contributed by atoms with van der Waals surface area (Å²) in [6.07, 6.45) is 0.803. The van der Waals surface area contributed by atoms with Crippen LogP contribution in [0.15, 0.2) is 0 Å². The number of nitrogens with one attached hydrogen (secondary N) is 2. The van der Waals surface area contributed by atoms with Crippen LogP contribution in [0.25, 0.3) is 0 Å². The second-order valence-corrected chi connectivity index (χ2v) is 4.54. The maximum Gasteiger partial charge on any atom is 0.317 e. The van der Waals surface area contributed by atoms with E-state index >= 15 is 0 Å². The Morgan fingerprint density at radius 2 is 1.95 bits per heavy atom. The molecule has 0 unspecified atom stereocenters. The third-order valence-corrected chi connectivity index (χ3v) is 3.10. The number of carbonyl (C=O) groups is 4. The Bertz CT molecular complexity index is 425.